The normalized spacial score (nSPS) is 10.7. The molecule has 5 aromatic rings. The summed E-state index contributed by atoms with van der Waals surface area (Å²) in [6.45, 7) is -0.288. The summed E-state index contributed by atoms with van der Waals surface area (Å²) in [5.41, 5.74) is 4.21. The molecule has 9 heteroatoms. The summed E-state index contributed by atoms with van der Waals surface area (Å²) in [6, 6.07) is 24.2. The molecule has 0 aliphatic rings. The van der Waals surface area contributed by atoms with E-state index >= 15 is 0 Å². The summed E-state index contributed by atoms with van der Waals surface area (Å²) in [4.78, 5) is 31.9. The van der Waals surface area contributed by atoms with Gasteiger partial charge in [-0.1, -0.05) is 54.6 Å². The van der Waals surface area contributed by atoms with Crippen molar-refractivity contribution in [2.45, 2.75) is 0 Å². The number of thiazole rings is 1. The average Bonchev–Trinajstić information content (AvgIpc) is 3.36. The topological polar surface area (TPSA) is 107 Å². The quantitative estimate of drug-likeness (QED) is 0.227. The molecule has 2 aromatic heterocycles. The number of ether oxygens (including phenoxy) is 1. The second-order valence-corrected chi connectivity index (χ2v) is 8.42. The van der Waals surface area contributed by atoms with E-state index in [0.717, 1.165) is 22.4 Å². The molecular formula is C26H18N4O4S. The number of nitrogens with one attached hydrogen (secondary N) is 1. The van der Waals surface area contributed by atoms with E-state index < -0.39 is 10.8 Å². The molecule has 0 atom stereocenters. The number of aromatic nitrogens is 2. The molecule has 1 amide bonds. The van der Waals surface area contributed by atoms with Gasteiger partial charge in [-0.25, -0.2) is 4.98 Å². The minimum Gasteiger partial charge on any atom is -0.481 e. The Morgan fingerprint density at radius 2 is 1.69 bits per heavy atom. The van der Waals surface area contributed by atoms with Crippen molar-refractivity contribution in [3.05, 3.63) is 101 Å². The first-order valence-electron chi connectivity index (χ1n) is 10.6. The molecule has 35 heavy (non-hydrogen) atoms. The van der Waals surface area contributed by atoms with Gasteiger partial charge in [0.25, 0.3) is 11.6 Å². The van der Waals surface area contributed by atoms with Gasteiger partial charge in [0, 0.05) is 23.2 Å². The Labute approximate surface area is 204 Å². The first-order valence-corrected chi connectivity index (χ1v) is 11.5. The largest absolute Gasteiger partial charge is 0.481 e. The zero-order valence-corrected chi connectivity index (χ0v) is 19.1. The van der Waals surface area contributed by atoms with Gasteiger partial charge >= 0.3 is 0 Å². The number of hydrogen-bond donors (Lipinski definition) is 1. The SMILES string of the molecule is O=C(COc1ccc([N+](=O)[O-])c2cccnc12)Nc1nc(-c2ccc(-c3ccccc3)cc2)cs1. The van der Waals surface area contributed by atoms with E-state index in [-0.39, 0.29) is 12.3 Å². The third-order valence-corrected chi connectivity index (χ3v) is 6.06. The maximum Gasteiger partial charge on any atom is 0.279 e. The number of carbonyl (C=O) groups excluding carboxylic acids is 1. The van der Waals surface area contributed by atoms with Gasteiger partial charge in [-0.3, -0.25) is 25.2 Å². The number of rotatable bonds is 7. The van der Waals surface area contributed by atoms with Crippen LogP contribution < -0.4 is 10.1 Å². The van der Waals surface area contributed by atoms with Crippen molar-refractivity contribution in [2.24, 2.45) is 0 Å². The second kappa shape index (κ2) is 9.70. The van der Waals surface area contributed by atoms with E-state index in [1.54, 1.807) is 12.1 Å². The minimum absolute atomic E-state index is 0.0722. The number of anilines is 1. The molecule has 0 bridgehead atoms. The van der Waals surface area contributed by atoms with Crippen molar-refractivity contribution >= 4 is 39.0 Å². The van der Waals surface area contributed by atoms with Crippen molar-refractivity contribution in [3.8, 4) is 28.1 Å². The molecular weight excluding hydrogens is 464 g/mol. The predicted octanol–water partition coefficient (Wildman–Crippen LogP) is 5.95. The van der Waals surface area contributed by atoms with E-state index in [0.29, 0.717) is 21.8 Å². The van der Waals surface area contributed by atoms with Gasteiger partial charge in [-0.05, 0) is 29.3 Å². The third kappa shape index (κ3) is 4.85. The fourth-order valence-corrected chi connectivity index (χ4v) is 4.37. The summed E-state index contributed by atoms with van der Waals surface area (Å²) in [5, 5.41) is 16.7. The van der Waals surface area contributed by atoms with Gasteiger partial charge in [0.1, 0.15) is 11.3 Å². The fourth-order valence-electron chi connectivity index (χ4n) is 3.63. The maximum atomic E-state index is 12.4. The zero-order valence-electron chi connectivity index (χ0n) is 18.3. The van der Waals surface area contributed by atoms with Crippen LogP contribution in [0.25, 0.3) is 33.3 Å². The van der Waals surface area contributed by atoms with E-state index in [9.17, 15) is 14.9 Å². The lowest BCUT2D eigenvalue weighted by atomic mass is 10.0. The van der Waals surface area contributed by atoms with Crippen molar-refractivity contribution in [1.82, 2.24) is 9.97 Å². The average molecular weight is 483 g/mol. The Morgan fingerprint density at radius 1 is 0.943 bits per heavy atom. The summed E-state index contributed by atoms with van der Waals surface area (Å²) in [6.07, 6.45) is 1.52. The van der Waals surface area contributed by atoms with Gasteiger partial charge in [0.15, 0.2) is 11.7 Å². The first-order chi connectivity index (χ1) is 17.1. The van der Waals surface area contributed by atoms with Crippen LogP contribution in [0.4, 0.5) is 10.8 Å². The van der Waals surface area contributed by atoms with Gasteiger partial charge in [-0.15, -0.1) is 11.3 Å². The number of amides is 1. The monoisotopic (exact) mass is 482 g/mol. The standard InChI is InChI=1S/C26H18N4O4S/c31-24(15-34-23-13-12-22(30(32)33)20-7-4-14-27-25(20)23)29-26-28-21(16-35-26)19-10-8-18(9-11-19)17-5-2-1-3-6-17/h1-14,16H,15H2,(H,28,29,31). The van der Waals surface area contributed by atoms with Crippen molar-refractivity contribution in [2.75, 3.05) is 11.9 Å². The van der Waals surface area contributed by atoms with Gasteiger partial charge in [0.05, 0.1) is 16.0 Å². The number of nitro benzene ring substituents is 1. The van der Waals surface area contributed by atoms with E-state index in [4.69, 9.17) is 4.74 Å². The summed E-state index contributed by atoms with van der Waals surface area (Å²) in [5.74, 6) is -0.104. The Bertz CT molecular complexity index is 1520. The number of nitrogens with zero attached hydrogens (tertiary/aromatic N) is 3. The summed E-state index contributed by atoms with van der Waals surface area (Å²) < 4.78 is 5.61. The molecule has 0 aliphatic heterocycles. The first kappa shape index (κ1) is 22.2. The molecule has 0 fully saturated rings. The highest BCUT2D eigenvalue weighted by Gasteiger charge is 2.17. The lowest BCUT2D eigenvalue weighted by Gasteiger charge is -2.08. The molecule has 2 heterocycles. The van der Waals surface area contributed by atoms with Crippen molar-refractivity contribution in [3.63, 3.8) is 0 Å². The van der Waals surface area contributed by atoms with Crippen LogP contribution in [-0.4, -0.2) is 27.4 Å². The van der Waals surface area contributed by atoms with Crippen LogP contribution in [0.5, 0.6) is 5.75 Å². The van der Waals surface area contributed by atoms with Gasteiger partial charge in [0.2, 0.25) is 0 Å². The molecule has 3 aromatic carbocycles. The Hall–Kier alpha value is -4.63. The van der Waals surface area contributed by atoms with Crippen molar-refractivity contribution in [1.29, 1.82) is 0 Å². The number of pyridine rings is 1. The van der Waals surface area contributed by atoms with E-state index in [1.165, 1.54) is 29.7 Å². The number of fused-ring (bicyclic) bond motifs is 1. The number of nitro groups is 1. The lowest BCUT2D eigenvalue weighted by Crippen LogP contribution is -2.20. The van der Waals surface area contributed by atoms with E-state index in [2.05, 4.69) is 27.4 Å². The Morgan fingerprint density at radius 3 is 2.46 bits per heavy atom. The second-order valence-electron chi connectivity index (χ2n) is 7.56. The molecule has 172 valence electrons. The maximum absolute atomic E-state index is 12.4. The highest BCUT2D eigenvalue weighted by Crippen LogP contribution is 2.31. The van der Waals surface area contributed by atoms with Gasteiger partial charge in [-0.2, -0.15) is 0 Å². The Kier molecular flexibility index (Phi) is 6.15. The van der Waals surface area contributed by atoms with Crippen LogP contribution in [0, 0.1) is 10.1 Å². The van der Waals surface area contributed by atoms with Crippen LogP contribution in [0.3, 0.4) is 0 Å². The molecule has 0 unspecified atom stereocenters. The molecule has 0 spiro atoms. The molecule has 5 rings (SSSR count). The van der Waals surface area contributed by atoms with Gasteiger partial charge < -0.3 is 4.74 Å². The van der Waals surface area contributed by atoms with Crippen LogP contribution in [0.1, 0.15) is 0 Å². The third-order valence-electron chi connectivity index (χ3n) is 5.30. The minimum atomic E-state index is -0.476. The molecule has 0 saturated heterocycles. The number of hydrogen-bond acceptors (Lipinski definition) is 7. The number of benzene rings is 3. The van der Waals surface area contributed by atoms with Crippen LogP contribution in [0.15, 0.2) is 90.4 Å². The molecule has 8 nitrogen and oxygen atoms in total. The fraction of sp³-hybridized carbons (Fsp3) is 0.0385. The Balaban J connectivity index is 1.24. The van der Waals surface area contributed by atoms with Crippen LogP contribution in [-0.2, 0) is 4.79 Å². The molecule has 0 saturated carbocycles. The predicted molar refractivity (Wildman–Crippen MR) is 136 cm³/mol. The summed E-state index contributed by atoms with van der Waals surface area (Å²) in [7, 11) is 0. The lowest BCUT2D eigenvalue weighted by molar-refractivity contribution is -0.383. The highest BCUT2D eigenvalue weighted by atomic mass is 32.1. The summed E-state index contributed by atoms with van der Waals surface area (Å²) >= 11 is 1.32. The number of carbonyl (C=O) groups is 1. The number of non-ortho nitro benzene ring substituents is 1. The van der Waals surface area contributed by atoms with E-state index in [1.807, 2.05) is 47.8 Å². The highest BCUT2D eigenvalue weighted by molar-refractivity contribution is 7.14. The molecule has 0 aliphatic carbocycles. The smallest absolute Gasteiger partial charge is 0.279 e. The molecule has 1 N–H and O–H groups in total. The molecule has 0 radical (unpaired) electrons. The van der Waals surface area contributed by atoms with Crippen molar-refractivity contribution < 1.29 is 14.5 Å². The van der Waals surface area contributed by atoms with Crippen LogP contribution >= 0.6 is 11.3 Å². The zero-order chi connectivity index (χ0) is 24.2. The van der Waals surface area contributed by atoms with Crippen LogP contribution in [0.2, 0.25) is 0 Å².